The Morgan fingerprint density at radius 2 is 1.26 bits per heavy atom. The first kappa shape index (κ1) is 27.5. The summed E-state index contributed by atoms with van der Waals surface area (Å²) in [5, 5.41) is 0. The van der Waals surface area contributed by atoms with E-state index < -0.39 is 22.1 Å². The number of benzene rings is 3. The Hall–Kier alpha value is -1.56. The van der Waals surface area contributed by atoms with Crippen LogP contribution in [0.5, 0.6) is 0 Å². The fraction of sp³-hybridized carbons (Fsp3) is 0.208. The quantitative estimate of drug-likeness (QED) is 0.241. The van der Waals surface area contributed by atoms with Gasteiger partial charge in [-0.1, -0.05) is 89.5 Å². The van der Waals surface area contributed by atoms with Crippen LogP contribution >= 0.6 is 9.69 Å². The second-order valence-corrected chi connectivity index (χ2v) is 8.62. The van der Waals surface area contributed by atoms with E-state index in [1.165, 1.54) is 0 Å². The van der Waals surface area contributed by atoms with Gasteiger partial charge >= 0.3 is 27.0 Å². The summed E-state index contributed by atoms with van der Waals surface area (Å²) in [7, 11) is 0.635. The third-order valence-corrected chi connectivity index (χ3v) is 6.40. The summed E-state index contributed by atoms with van der Waals surface area (Å²) in [6, 6.07) is 20.5. The molecule has 0 saturated carbocycles. The van der Waals surface area contributed by atoms with Crippen molar-refractivity contribution in [1.29, 1.82) is 0 Å². The predicted octanol–water partition coefficient (Wildman–Crippen LogP) is 7.35. The van der Waals surface area contributed by atoms with Crippen LogP contribution in [0.25, 0.3) is 10.5 Å². The zero-order valence-electron chi connectivity index (χ0n) is 18.0. The van der Waals surface area contributed by atoms with Crippen LogP contribution in [0.3, 0.4) is 0 Å². The van der Waals surface area contributed by atoms with E-state index in [9.17, 15) is 8.42 Å². The van der Waals surface area contributed by atoms with Crippen LogP contribution in [0.15, 0.2) is 77.7 Å². The summed E-state index contributed by atoms with van der Waals surface area (Å²) in [5.41, 5.74) is 12.5. The van der Waals surface area contributed by atoms with Gasteiger partial charge in [-0.15, -0.1) is 12.1 Å². The van der Waals surface area contributed by atoms with Crippen molar-refractivity contribution in [3.63, 3.8) is 0 Å². The summed E-state index contributed by atoms with van der Waals surface area (Å²) < 4.78 is 30.8. The van der Waals surface area contributed by atoms with Gasteiger partial charge in [-0.3, -0.25) is 0 Å². The van der Waals surface area contributed by atoms with Crippen LogP contribution in [-0.4, -0.2) is 8.42 Å². The van der Waals surface area contributed by atoms with Crippen molar-refractivity contribution in [3.05, 3.63) is 118 Å². The molecule has 31 heavy (non-hydrogen) atoms. The Bertz CT molecular complexity index is 1040. The minimum absolute atomic E-state index is 0. The number of aryl methyl sites for hydroxylation is 3. The van der Waals surface area contributed by atoms with E-state index >= 15 is 0 Å². The molecule has 0 radical (unpaired) electrons. The molecule has 7 heteroatoms. The van der Waals surface area contributed by atoms with E-state index in [2.05, 4.69) is 14.4 Å². The second kappa shape index (κ2) is 12.5. The van der Waals surface area contributed by atoms with Crippen molar-refractivity contribution < 1.29 is 25.7 Å². The fourth-order valence-electron chi connectivity index (χ4n) is 3.58. The standard InChI is InChI=1S/C23H24N2O2S.CH3.ClH.Ru/c1-16-14-17(2)23(18(3)15-16)28(26,27)25-22(20-12-8-5-9-13-20)21(24)19-10-6-4-7-11-19;;;/h4-15,21-22,24H,1-3H3;1H3;1H;/q-2;-1;;+4/p-1/t21-,22-;;;/m1.../s1. The third kappa shape index (κ3) is 6.96. The van der Waals surface area contributed by atoms with Crippen LogP contribution in [0, 0.1) is 28.2 Å². The van der Waals surface area contributed by atoms with Gasteiger partial charge in [-0.05, 0) is 31.9 Å². The molecule has 4 nitrogen and oxygen atoms in total. The molecule has 0 bridgehead atoms. The zero-order valence-corrected chi connectivity index (χ0v) is 21.3. The van der Waals surface area contributed by atoms with Crippen molar-refractivity contribution in [2.75, 3.05) is 0 Å². The summed E-state index contributed by atoms with van der Waals surface area (Å²) >= 11 is 1.82. The molecule has 3 aromatic carbocycles. The number of hydrogen-bond acceptors (Lipinski definition) is 2. The van der Waals surface area contributed by atoms with E-state index in [1.807, 2.05) is 97.0 Å². The van der Waals surface area contributed by atoms with Gasteiger partial charge in [0.05, 0.1) is 4.90 Å². The third-order valence-electron chi connectivity index (χ3n) is 4.73. The van der Waals surface area contributed by atoms with Crippen molar-refractivity contribution in [2.45, 2.75) is 37.8 Å². The van der Waals surface area contributed by atoms with Crippen molar-refractivity contribution >= 4 is 19.7 Å². The first-order valence-electron chi connectivity index (χ1n) is 9.29. The number of nitrogens with one attached hydrogen (secondary N) is 1. The van der Waals surface area contributed by atoms with Crippen LogP contribution in [-0.2, 0) is 27.3 Å². The molecule has 0 heterocycles. The van der Waals surface area contributed by atoms with Gasteiger partial charge in [-0.2, -0.15) is 0 Å². The average Bonchev–Trinajstić information content (AvgIpc) is 2.73. The predicted molar refractivity (Wildman–Crippen MR) is 126 cm³/mol. The Morgan fingerprint density at radius 3 is 1.71 bits per heavy atom. The molecular weight excluding hydrogens is 517 g/mol. The Kier molecular flexibility index (Phi) is 11.1. The minimum atomic E-state index is -3.93. The van der Waals surface area contributed by atoms with Gasteiger partial charge < -0.3 is 17.9 Å². The molecule has 0 aromatic heterocycles. The van der Waals surface area contributed by atoms with Gasteiger partial charge in [0, 0.05) is 0 Å². The molecule has 1 N–H and O–H groups in total. The molecule has 0 unspecified atom stereocenters. The number of nitrogens with zero attached hydrogens (tertiary/aromatic N) is 1. The molecule has 2 atom stereocenters. The zero-order chi connectivity index (χ0) is 22.3. The summed E-state index contributed by atoms with van der Waals surface area (Å²) in [4.78, 5) is 0.235. The summed E-state index contributed by atoms with van der Waals surface area (Å²) in [6.07, 6.45) is 0. The molecule has 0 saturated heterocycles. The van der Waals surface area contributed by atoms with E-state index in [-0.39, 0.29) is 12.3 Å². The number of hydrogen-bond donors (Lipinski definition) is 0. The van der Waals surface area contributed by atoms with E-state index in [0.717, 1.165) is 11.1 Å². The molecule has 0 spiro atoms. The Morgan fingerprint density at radius 1 is 0.839 bits per heavy atom. The first-order chi connectivity index (χ1) is 14.3. The molecule has 0 aliphatic carbocycles. The molecule has 0 aliphatic heterocycles. The van der Waals surface area contributed by atoms with E-state index in [4.69, 9.17) is 5.73 Å². The molecule has 0 aliphatic rings. The van der Waals surface area contributed by atoms with Gasteiger partial charge in [0.1, 0.15) is 10.0 Å². The van der Waals surface area contributed by atoms with Crippen LogP contribution in [0.2, 0.25) is 0 Å². The molecule has 3 aromatic rings. The summed E-state index contributed by atoms with van der Waals surface area (Å²) in [6.45, 7) is 5.51. The van der Waals surface area contributed by atoms with Gasteiger partial charge in [0.25, 0.3) is 0 Å². The topological polar surface area (TPSA) is 72.0 Å². The van der Waals surface area contributed by atoms with Gasteiger partial charge in [0.15, 0.2) is 0 Å². The monoisotopic (exact) mass is 544 g/mol. The van der Waals surface area contributed by atoms with Crippen molar-refractivity contribution in [3.8, 4) is 0 Å². The van der Waals surface area contributed by atoms with E-state index in [0.29, 0.717) is 16.7 Å². The van der Waals surface area contributed by atoms with Crippen molar-refractivity contribution in [2.24, 2.45) is 0 Å². The average molecular weight is 544 g/mol. The number of sulfonamides is 1. The molecular formula is C24H27ClN2O2RuS. The molecule has 3 rings (SSSR count). The number of halogens is 1. The SMILES string of the molecule is Cc1cc(C)c(S(=O)(=O)[N-][C@H](c2ccccc2)[C@H]([NH-])c2ccccc2)c(C)c1.[CH3-].[Cl][Ru+3]. The Balaban J connectivity index is 0.00000156. The second-order valence-electron chi connectivity index (χ2n) is 7.05. The van der Waals surface area contributed by atoms with Crippen LogP contribution < -0.4 is 0 Å². The fourth-order valence-corrected chi connectivity index (χ4v) is 5.16. The van der Waals surface area contributed by atoms with E-state index in [1.54, 1.807) is 13.8 Å². The normalized spacial score (nSPS) is 12.7. The maximum absolute atomic E-state index is 13.3. The molecule has 0 amide bonds. The Labute approximate surface area is 201 Å². The summed E-state index contributed by atoms with van der Waals surface area (Å²) in [5.74, 6) is 0. The first-order valence-corrected chi connectivity index (χ1v) is 13.0. The number of rotatable bonds is 6. The van der Waals surface area contributed by atoms with Crippen molar-refractivity contribution in [1.82, 2.24) is 0 Å². The maximum atomic E-state index is 13.3. The van der Waals surface area contributed by atoms with Gasteiger partial charge in [-0.25, -0.2) is 8.42 Å². The molecule has 166 valence electrons. The van der Waals surface area contributed by atoms with Gasteiger partial charge in [0.2, 0.25) is 0 Å². The molecule has 0 fully saturated rings. The van der Waals surface area contributed by atoms with Crippen LogP contribution in [0.4, 0.5) is 0 Å². The van der Waals surface area contributed by atoms with Crippen LogP contribution in [0.1, 0.15) is 39.9 Å².